The van der Waals surface area contributed by atoms with Gasteiger partial charge in [-0.05, 0) is 84.0 Å². The van der Waals surface area contributed by atoms with Crippen LogP contribution >= 0.6 is 0 Å². The lowest BCUT2D eigenvalue weighted by molar-refractivity contribution is -0.128. The highest BCUT2D eigenvalue weighted by atomic mass is 32.2. The first-order valence-electron chi connectivity index (χ1n) is 13.9. The van der Waals surface area contributed by atoms with Crippen molar-refractivity contribution in [2.45, 2.75) is 82.3 Å². The van der Waals surface area contributed by atoms with Gasteiger partial charge in [-0.1, -0.05) is 70.2 Å². The summed E-state index contributed by atoms with van der Waals surface area (Å²) >= 11 is 0. The van der Waals surface area contributed by atoms with Crippen LogP contribution in [0.3, 0.4) is 0 Å². The van der Waals surface area contributed by atoms with Crippen LogP contribution in [0.15, 0.2) is 71.6 Å². The molecule has 6 nitrogen and oxygen atoms in total. The predicted molar refractivity (Wildman–Crippen MR) is 155 cm³/mol. The number of carbonyl (C=O) groups excluding carboxylic acids is 1. The topological polar surface area (TPSA) is 75.7 Å². The molecule has 0 aromatic heterocycles. The number of hydrogen-bond donors (Lipinski definition) is 1. The van der Waals surface area contributed by atoms with Crippen molar-refractivity contribution >= 4 is 21.6 Å². The maximum absolute atomic E-state index is 13.9. The Labute approximate surface area is 232 Å². The lowest BCUT2D eigenvalue weighted by atomic mass is 9.86. The molecule has 0 radical (unpaired) electrons. The number of ether oxygens (including phenoxy) is 1. The standard InChI is InChI=1S/C32H38N2O4S/c1-5-27(24-16-15-22-11-9-10-12-23(22)19-24)33-31(35)30-21-34(39(36,37)26-13-7-6-8-14-26)28-20-25(32(2,3)4)17-18-29(28)38-30/h6-8,13-20,27,30H,5,9-12,21H2,1-4H3,(H,33,35)/t27-,30+/m1/s1. The first-order valence-corrected chi connectivity index (χ1v) is 15.3. The Kier molecular flexibility index (Phi) is 7.47. The van der Waals surface area contributed by atoms with E-state index in [0.29, 0.717) is 11.4 Å². The number of fused-ring (bicyclic) bond motifs is 2. The van der Waals surface area contributed by atoms with Gasteiger partial charge < -0.3 is 10.1 Å². The Balaban J connectivity index is 1.46. The van der Waals surface area contributed by atoms with Crippen LogP contribution in [-0.2, 0) is 33.1 Å². The number of amides is 1. The maximum Gasteiger partial charge on any atom is 0.264 e. The van der Waals surface area contributed by atoms with Crippen LogP contribution in [0.25, 0.3) is 0 Å². The summed E-state index contributed by atoms with van der Waals surface area (Å²) in [5.74, 6) is 0.0640. The fraction of sp³-hybridized carbons (Fsp3) is 0.406. The van der Waals surface area contributed by atoms with Gasteiger partial charge >= 0.3 is 0 Å². The van der Waals surface area contributed by atoms with Gasteiger partial charge in [-0.25, -0.2) is 8.42 Å². The van der Waals surface area contributed by atoms with Crippen molar-refractivity contribution < 1.29 is 17.9 Å². The van der Waals surface area contributed by atoms with Crippen molar-refractivity contribution in [2.24, 2.45) is 0 Å². The molecule has 2 aliphatic rings. The lowest BCUT2D eigenvalue weighted by Gasteiger charge is -2.36. The second kappa shape index (κ2) is 10.7. The number of hydrogen-bond acceptors (Lipinski definition) is 4. The van der Waals surface area contributed by atoms with E-state index in [0.717, 1.165) is 30.4 Å². The smallest absolute Gasteiger partial charge is 0.264 e. The van der Waals surface area contributed by atoms with Crippen LogP contribution < -0.4 is 14.4 Å². The first-order chi connectivity index (χ1) is 18.6. The third-order valence-corrected chi connectivity index (χ3v) is 9.61. The van der Waals surface area contributed by atoms with E-state index in [1.54, 1.807) is 36.4 Å². The zero-order valence-corrected chi connectivity index (χ0v) is 24.1. The van der Waals surface area contributed by atoms with Gasteiger partial charge in [-0.15, -0.1) is 0 Å². The van der Waals surface area contributed by atoms with E-state index < -0.39 is 16.1 Å². The minimum atomic E-state index is -3.93. The Bertz CT molecular complexity index is 1460. The maximum atomic E-state index is 13.9. The molecule has 3 aromatic rings. The molecule has 39 heavy (non-hydrogen) atoms. The number of aryl methyl sites for hydroxylation is 2. The second-order valence-corrected chi connectivity index (χ2v) is 13.5. The molecule has 1 aliphatic heterocycles. The van der Waals surface area contributed by atoms with Crippen LogP contribution in [0.1, 0.15) is 75.3 Å². The highest BCUT2D eigenvalue weighted by molar-refractivity contribution is 7.92. The number of sulfonamides is 1. The molecule has 0 spiro atoms. The van der Waals surface area contributed by atoms with Crippen molar-refractivity contribution in [3.05, 3.63) is 89.0 Å². The highest BCUT2D eigenvalue weighted by Crippen LogP contribution is 2.40. The molecule has 1 amide bonds. The Morgan fingerprint density at radius 1 is 1.00 bits per heavy atom. The van der Waals surface area contributed by atoms with E-state index in [1.807, 2.05) is 19.1 Å². The fourth-order valence-corrected chi connectivity index (χ4v) is 6.95. The molecule has 1 N–H and O–H groups in total. The molecule has 0 bridgehead atoms. The van der Waals surface area contributed by atoms with Gasteiger partial charge in [-0.3, -0.25) is 9.10 Å². The minimum absolute atomic E-state index is 0.107. The van der Waals surface area contributed by atoms with E-state index in [1.165, 1.54) is 28.3 Å². The molecule has 0 unspecified atom stereocenters. The summed E-state index contributed by atoms with van der Waals surface area (Å²) in [4.78, 5) is 13.8. The summed E-state index contributed by atoms with van der Waals surface area (Å²) in [6.45, 7) is 8.18. The molecule has 0 fully saturated rings. The largest absolute Gasteiger partial charge is 0.476 e. The molecule has 1 aliphatic carbocycles. The Hall–Kier alpha value is -3.32. The Morgan fingerprint density at radius 2 is 1.72 bits per heavy atom. The van der Waals surface area contributed by atoms with Crippen molar-refractivity contribution in [1.82, 2.24) is 5.32 Å². The van der Waals surface area contributed by atoms with E-state index in [-0.39, 0.29) is 28.8 Å². The molecule has 5 rings (SSSR count). The molecule has 2 atom stereocenters. The zero-order chi connectivity index (χ0) is 27.8. The van der Waals surface area contributed by atoms with Gasteiger partial charge in [0.1, 0.15) is 5.75 Å². The fourth-order valence-electron chi connectivity index (χ4n) is 5.46. The second-order valence-electron chi connectivity index (χ2n) is 11.6. The number of nitrogens with zero attached hydrogens (tertiary/aromatic N) is 1. The summed E-state index contributed by atoms with van der Waals surface area (Å²) in [7, 11) is -3.93. The van der Waals surface area contributed by atoms with Crippen molar-refractivity contribution in [3.8, 4) is 5.75 Å². The van der Waals surface area contributed by atoms with Gasteiger partial charge in [0.2, 0.25) is 0 Å². The third-order valence-electron chi connectivity index (χ3n) is 7.82. The van der Waals surface area contributed by atoms with E-state index in [4.69, 9.17) is 4.74 Å². The summed E-state index contributed by atoms with van der Waals surface area (Å²) in [5, 5.41) is 3.15. The lowest BCUT2D eigenvalue weighted by Crippen LogP contribution is -2.51. The SMILES string of the molecule is CC[C@@H](NC(=O)[C@@H]1CN(S(=O)(=O)c2ccccc2)c2cc(C(C)(C)C)ccc2O1)c1ccc2c(c1)CCCC2. The number of nitrogens with one attached hydrogen (secondary N) is 1. The average molecular weight is 547 g/mol. The molecule has 206 valence electrons. The van der Waals surface area contributed by atoms with Gasteiger partial charge in [0.25, 0.3) is 15.9 Å². The summed E-state index contributed by atoms with van der Waals surface area (Å²) < 4.78 is 35.2. The van der Waals surface area contributed by atoms with Gasteiger partial charge in [0.05, 0.1) is 23.2 Å². The van der Waals surface area contributed by atoms with Crippen LogP contribution in [0.4, 0.5) is 5.69 Å². The molecule has 1 heterocycles. The average Bonchev–Trinajstić information content (AvgIpc) is 2.94. The number of carbonyl (C=O) groups is 1. The third kappa shape index (κ3) is 5.55. The first kappa shape index (κ1) is 27.3. The number of rotatable bonds is 6. The van der Waals surface area contributed by atoms with Gasteiger partial charge in [0, 0.05) is 0 Å². The van der Waals surface area contributed by atoms with E-state index >= 15 is 0 Å². The monoisotopic (exact) mass is 546 g/mol. The van der Waals surface area contributed by atoms with Crippen LogP contribution in [-0.4, -0.2) is 27.0 Å². The molecule has 7 heteroatoms. The minimum Gasteiger partial charge on any atom is -0.476 e. The molecular formula is C32H38N2O4S. The molecule has 0 saturated heterocycles. The summed E-state index contributed by atoms with van der Waals surface area (Å²) in [6, 6.07) is 20.3. The quantitative estimate of drug-likeness (QED) is 0.406. The number of anilines is 1. The van der Waals surface area contributed by atoms with E-state index in [2.05, 4.69) is 44.3 Å². The van der Waals surface area contributed by atoms with Crippen molar-refractivity contribution in [2.75, 3.05) is 10.8 Å². The van der Waals surface area contributed by atoms with Crippen LogP contribution in [0.5, 0.6) is 5.75 Å². The summed E-state index contributed by atoms with van der Waals surface area (Å²) in [5.41, 5.74) is 5.09. The highest BCUT2D eigenvalue weighted by Gasteiger charge is 2.38. The van der Waals surface area contributed by atoms with Crippen molar-refractivity contribution in [3.63, 3.8) is 0 Å². The van der Waals surface area contributed by atoms with E-state index in [9.17, 15) is 13.2 Å². The molecule has 0 saturated carbocycles. The zero-order valence-electron chi connectivity index (χ0n) is 23.2. The van der Waals surface area contributed by atoms with Crippen LogP contribution in [0.2, 0.25) is 0 Å². The number of benzene rings is 3. The van der Waals surface area contributed by atoms with Crippen LogP contribution in [0, 0.1) is 0 Å². The van der Waals surface area contributed by atoms with Crippen molar-refractivity contribution in [1.29, 1.82) is 0 Å². The summed E-state index contributed by atoms with van der Waals surface area (Å²) in [6.07, 6.45) is 4.32. The Morgan fingerprint density at radius 3 is 2.41 bits per heavy atom. The molecule has 3 aromatic carbocycles. The van der Waals surface area contributed by atoms with Gasteiger partial charge in [0.15, 0.2) is 6.10 Å². The normalized spacial score (nSPS) is 17.9. The van der Waals surface area contributed by atoms with Gasteiger partial charge in [-0.2, -0.15) is 0 Å². The molecular weight excluding hydrogens is 508 g/mol. The predicted octanol–water partition coefficient (Wildman–Crippen LogP) is 6.09.